The second-order valence-corrected chi connectivity index (χ2v) is 9.92. The summed E-state index contributed by atoms with van der Waals surface area (Å²) in [6.07, 6.45) is 0. The summed E-state index contributed by atoms with van der Waals surface area (Å²) < 4.78 is 38.6. The average molecular weight is 499 g/mol. The van der Waals surface area contributed by atoms with Gasteiger partial charge in [-0.05, 0) is 36.8 Å². The number of aromatic nitrogens is 2. The number of para-hydroxylation sites is 2. The number of nitrogens with one attached hydrogen (secondary N) is 2. The van der Waals surface area contributed by atoms with E-state index in [4.69, 9.17) is 9.47 Å². The first-order valence-electron chi connectivity index (χ1n) is 10.1. The summed E-state index contributed by atoms with van der Waals surface area (Å²) in [6, 6.07) is 14.6. The number of methoxy groups -OCH3 is 2. The zero-order chi connectivity index (χ0) is 24.3. The Bertz CT molecular complexity index is 1450. The van der Waals surface area contributed by atoms with Gasteiger partial charge in [0.15, 0.2) is 5.82 Å². The van der Waals surface area contributed by atoms with Crippen LogP contribution in [-0.2, 0) is 21.4 Å². The molecular weight excluding hydrogens is 476 g/mol. The first-order valence-corrected chi connectivity index (χ1v) is 12.4. The summed E-state index contributed by atoms with van der Waals surface area (Å²) >= 11 is 1.20. The summed E-state index contributed by atoms with van der Waals surface area (Å²) in [7, 11) is -0.782. The number of anilines is 2. The molecule has 2 aromatic carbocycles. The van der Waals surface area contributed by atoms with Crippen LogP contribution in [0, 0.1) is 6.92 Å². The first-order chi connectivity index (χ1) is 16.3. The van der Waals surface area contributed by atoms with Gasteiger partial charge in [0.1, 0.15) is 11.4 Å². The lowest BCUT2D eigenvalue weighted by molar-refractivity contribution is 0.103. The Balaban J connectivity index is 1.66. The molecule has 0 radical (unpaired) electrons. The topological polar surface area (TPSA) is 120 Å². The lowest BCUT2D eigenvalue weighted by Crippen LogP contribution is -2.17. The number of aryl methyl sites for hydroxylation is 1. The SMILES string of the molecule is COCc1nc(OC)c2c(C)c(C(=O)Nc3ccccc3NS(=O)(=O)c3ccccc3)sc2n1. The van der Waals surface area contributed by atoms with Crippen molar-refractivity contribution in [1.29, 1.82) is 0 Å². The molecule has 9 nitrogen and oxygen atoms in total. The van der Waals surface area contributed by atoms with Crippen molar-refractivity contribution in [2.75, 3.05) is 24.3 Å². The zero-order valence-electron chi connectivity index (χ0n) is 18.7. The number of nitrogens with zero attached hydrogens (tertiary/aromatic N) is 2. The van der Waals surface area contributed by atoms with Crippen LogP contribution in [0.3, 0.4) is 0 Å². The Morgan fingerprint density at radius 3 is 2.35 bits per heavy atom. The lowest BCUT2D eigenvalue weighted by Gasteiger charge is -2.13. The molecular formula is C23H22N4O5S2. The third-order valence-corrected chi connectivity index (χ3v) is 7.52. The number of hydrogen-bond donors (Lipinski definition) is 2. The van der Waals surface area contributed by atoms with Gasteiger partial charge >= 0.3 is 0 Å². The Kier molecular flexibility index (Phi) is 6.77. The van der Waals surface area contributed by atoms with Crippen LogP contribution in [0.25, 0.3) is 10.2 Å². The maximum absolute atomic E-state index is 13.2. The van der Waals surface area contributed by atoms with Crippen molar-refractivity contribution in [2.24, 2.45) is 0 Å². The number of benzene rings is 2. The van der Waals surface area contributed by atoms with Gasteiger partial charge in [0.05, 0.1) is 33.6 Å². The highest BCUT2D eigenvalue weighted by atomic mass is 32.2. The minimum atomic E-state index is -3.83. The highest BCUT2D eigenvalue weighted by Crippen LogP contribution is 2.36. The van der Waals surface area contributed by atoms with E-state index < -0.39 is 15.9 Å². The molecule has 2 aromatic heterocycles. The standard InChI is InChI=1S/C23H22N4O5S2/c1-14-19-22(32-3)25-18(13-31-2)26-23(19)33-20(14)21(28)24-16-11-7-8-12-17(16)27-34(29,30)15-9-5-4-6-10-15/h4-12,27H,13H2,1-3H3,(H,24,28). The summed E-state index contributed by atoms with van der Waals surface area (Å²) in [6.45, 7) is 2.00. The van der Waals surface area contributed by atoms with E-state index in [9.17, 15) is 13.2 Å². The van der Waals surface area contributed by atoms with Crippen molar-refractivity contribution in [3.05, 3.63) is 70.9 Å². The number of amides is 1. The molecule has 176 valence electrons. The fourth-order valence-electron chi connectivity index (χ4n) is 3.37. The Morgan fingerprint density at radius 1 is 1.00 bits per heavy atom. The second kappa shape index (κ2) is 9.75. The third kappa shape index (κ3) is 4.72. The van der Waals surface area contributed by atoms with Gasteiger partial charge < -0.3 is 14.8 Å². The largest absolute Gasteiger partial charge is 0.480 e. The quantitative estimate of drug-likeness (QED) is 0.373. The number of carbonyl (C=O) groups excluding carboxylic acids is 1. The van der Waals surface area contributed by atoms with Crippen LogP contribution in [0.2, 0.25) is 0 Å². The summed E-state index contributed by atoms with van der Waals surface area (Å²) in [5.41, 5.74) is 1.24. The predicted octanol–water partition coefficient (Wildman–Crippen LogP) is 4.21. The maximum atomic E-state index is 13.2. The number of sulfonamides is 1. The minimum Gasteiger partial charge on any atom is -0.480 e. The number of hydrogen-bond acceptors (Lipinski definition) is 8. The molecule has 0 aliphatic rings. The van der Waals surface area contributed by atoms with Crippen LogP contribution in [0.4, 0.5) is 11.4 Å². The Hall–Kier alpha value is -3.54. The van der Waals surface area contributed by atoms with Crippen molar-refractivity contribution >= 4 is 48.9 Å². The van der Waals surface area contributed by atoms with E-state index >= 15 is 0 Å². The number of fused-ring (bicyclic) bond motifs is 1. The molecule has 0 unspecified atom stereocenters. The van der Waals surface area contributed by atoms with Crippen molar-refractivity contribution in [3.8, 4) is 5.88 Å². The van der Waals surface area contributed by atoms with Gasteiger partial charge in [-0.1, -0.05) is 30.3 Å². The average Bonchev–Trinajstić information content (AvgIpc) is 3.17. The first kappa shape index (κ1) is 23.6. The molecule has 0 fully saturated rings. The third-order valence-electron chi connectivity index (χ3n) is 4.95. The minimum absolute atomic E-state index is 0.119. The summed E-state index contributed by atoms with van der Waals surface area (Å²) in [4.78, 5) is 23.2. The van der Waals surface area contributed by atoms with E-state index in [0.29, 0.717) is 38.0 Å². The second-order valence-electron chi connectivity index (χ2n) is 7.24. The predicted molar refractivity (Wildman–Crippen MR) is 131 cm³/mol. The maximum Gasteiger partial charge on any atom is 0.266 e. The van der Waals surface area contributed by atoms with Crippen LogP contribution < -0.4 is 14.8 Å². The van der Waals surface area contributed by atoms with E-state index in [-0.39, 0.29) is 17.2 Å². The van der Waals surface area contributed by atoms with Crippen LogP contribution in [0.1, 0.15) is 21.1 Å². The van der Waals surface area contributed by atoms with Crippen LogP contribution >= 0.6 is 11.3 Å². The molecule has 0 saturated heterocycles. The highest BCUT2D eigenvalue weighted by Gasteiger charge is 2.22. The Labute approximate surface area is 200 Å². The van der Waals surface area contributed by atoms with E-state index in [1.807, 2.05) is 0 Å². The van der Waals surface area contributed by atoms with Gasteiger partial charge in [0.2, 0.25) is 5.88 Å². The number of ether oxygens (including phenoxy) is 2. The van der Waals surface area contributed by atoms with Gasteiger partial charge in [-0.3, -0.25) is 9.52 Å². The van der Waals surface area contributed by atoms with Crippen LogP contribution in [0.15, 0.2) is 59.5 Å². The normalized spacial score (nSPS) is 11.4. The van der Waals surface area contributed by atoms with Crippen LogP contribution in [-0.4, -0.2) is 38.5 Å². The number of rotatable bonds is 8. The van der Waals surface area contributed by atoms with Crippen molar-refractivity contribution in [1.82, 2.24) is 9.97 Å². The number of carbonyl (C=O) groups is 1. The van der Waals surface area contributed by atoms with Gasteiger partial charge in [0, 0.05) is 7.11 Å². The molecule has 0 atom stereocenters. The molecule has 0 aliphatic carbocycles. The van der Waals surface area contributed by atoms with Gasteiger partial charge in [-0.25, -0.2) is 13.4 Å². The molecule has 2 N–H and O–H groups in total. The molecule has 0 saturated carbocycles. The van der Waals surface area contributed by atoms with Gasteiger partial charge in [-0.15, -0.1) is 11.3 Å². The molecule has 34 heavy (non-hydrogen) atoms. The van der Waals surface area contributed by atoms with Crippen LogP contribution in [0.5, 0.6) is 5.88 Å². The molecule has 0 aliphatic heterocycles. The smallest absolute Gasteiger partial charge is 0.266 e. The van der Waals surface area contributed by atoms with E-state index in [1.54, 1.807) is 56.5 Å². The van der Waals surface area contributed by atoms with E-state index in [0.717, 1.165) is 0 Å². The molecule has 1 amide bonds. The van der Waals surface area contributed by atoms with E-state index in [2.05, 4.69) is 20.0 Å². The molecule has 4 rings (SSSR count). The van der Waals surface area contributed by atoms with Gasteiger partial charge in [-0.2, -0.15) is 4.98 Å². The van der Waals surface area contributed by atoms with E-state index in [1.165, 1.54) is 30.6 Å². The summed E-state index contributed by atoms with van der Waals surface area (Å²) in [5.74, 6) is 0.406. The fraction of sp³-hybridized carbons (Fsp3) is 0.174. The van der Waals surface area contributed by atoms with Gasteiger partial charge in [0.25, 0.3) is 15.9 Å². The fourth-order valence-corrected chi connectivity index (χ4v) is 5.55. The molecule has 4 aromatic rings. The molecule has 2 heterocycles. The summed E-state index contributed by atoms with van der Waals surface area (Å²) in [5, 5.41) is 3.46. The Morgan fingerprint density at radius 2 is 1.68 bits per heavy atom. The van der Waals surface area contributed by atoms with Crippen molar-refractivity contribution < 1.29 is 22.7 Å². The molecule has 11 heteroatoms. The van der Waals surface area contributed by atoms with Crippen molar-refractivity contribution in [2.45, 2.75) is 18.4 Å². The lowest BCUT2D eigenvalue weighted by atomic mass is 10.2. The zero-order valence-corrected chi connectivity index (χ0v) is 20.3. The van der Waals surface area contributed by atoms with Crippen molar-refractivity contribution in [3.63, 3.8) is 0 Å². The monoisotopic (exact) mass is 498 g/mol. The number of thiophene rings is 1. The molecule has 0 spiro atoms. The highest BCUT2D eigenvalue weighted by molar-refractivity contribution is 7.92. The molecule has 0 bridgehead atoms.